The zero-order valence-corrected chi connectivity index (χ0v) is 11.8. The second-order valence-corrected chi connectivity index (χ2v) is 5.04. The van der Waals surface area contributed by atoms with Crippen molar-refractivity contribution >= 4 is 15.9 Å². The van der Waals surface area contributed by atoms with Gasteiger partial charge in [-0.15, -0.1) is 10.2 Å². The molecule has 0 aliphatic heterocycles. The summed E-state index contributed by atoms with van der Waals surface area (Å²) >= 11 is 3.35. The summed E-state index contributed by atoms with van der Waals surface area (Å²) in [6.45, 7) is 2.46. The lowest BCUT2D eigenvalue weighted by molar-refractivity contribution is 0.514. The van der Waals surface area contributed by atoms with Gasteiger partial charge in [0.05, 0.1) is 6.54 Å². The van der Waals surface area contributed by atoms with Gasteiger partial charge in [0.1, 0.15) is 18.0 Å². The summed E-state index contributed by atoms with van der Waals surface area (Å²) in [5, 5.41) is 11.0. The fourth-order valence-corrected chi connectivity index (χ4v) is 2.05. The molecule has 0 bridgehead atoms. The van der Waals surface area contributed by atoms with Crippen LogP contribution in [0.3, 0.4) is 0 Å². The maximum absolute atomic E-state index is 13.7. The molecule has 4 nitrogen and oxygen atoms in total. The fourth-order valence-electron chi connectivity index (χ4n) is 1.67. The van der Waals surface area contributed by atoms with Gasteiger partial charge in [0, 0.05) is 23.1 Å². The van der Waals surface area contributed by atoms with Crippen LogP contribution in [-0.2, 0) is 13.6 Å². The first-order chi connectivity index (χ1) is 8.58. The second-order valence-electron chi connectivity index (χ2n) is 4.13. The summed E-state index contributed by atoms with van der Waals surface area (Å²) in [6, 6.07) is 4.83. The van der Waals surface area contributed by atoms with E-state index in [2.05, 4.69) is 31.4 Å². The number of nitrogens with one attached hydrogen (secondary N) is 1. The number of benzene rings is 1. The average molecular weight is 313 g/mol. The standard InChI is InChI=1S/C12H14BrFN4/c1-8(10-5-9(13)3-4-11(10)14)15-6-12-17-16-7-18(12)2/h3-5,7-8,15H,6H2,1-2H3. The Kier molecular flexibility index (Phi) is 4.08. The van der Waals surface area contributed by atoms with Gasteiger partial charge in [-0.25, -0.2) is 4.39 Å². The monoisotopic (exact) mass is 312 g/mol. The molecule has 0 saturated carbocycles. The van der Waals surface area contributed by atoms with E-state index in [9.17, 15) is 4.39 Å². The van der Waals surface area contributed by atoms with Crippen LogP contribution in [0.25, 0.3) is 0 Å². The Labute approximate surface area is 113 Å². The van der Waals surface area contributed by atoms with Gasteiger partial charge in [-0.3, -0.25) is 0 Å². The molecule has 1 unspecified atom stereocenters. The maximum Gasteiger partial charge on any atom is 0.146 e. The van der Waals surface area contributed by atoms with Crippen LogP contribution in [0.1, 0.15) is 24.4 Å². The summed E-state index contributed by atoms with van der Waals surface area (Å²) < 4.78 is 16.4. The summed E-state index contributed by atoms with van der Waals surface area (Å²) in [5.74, 6) is 0.605. The molecule has 0 amide bonds. The van der Waals surface area contributed by atoms with Crippen molar-refractivity contribution in [2.24, 2.45) is 7.05 Å². The number of hydrogen-bond acceptors (Lipinski definition) is 3. The highest BCUT2D eigenvalue weighted by Gasteiger charge is 2.12. The molecular formula is C12H14BrFN4. The Morgan fingerprint density at radius 1 is 1.50 bits per heavy atom. The predicted octanol–water partition coefficient (Wildman–Crippen LogP) is 2.57. The lowest BCUT2D eigenvalue weighted by Gasteiger charge is -2.15. The first-order valence-electron chi connectivity index (χ1n) is 5.59. The molecule has 18 heavy (non-hydrogen) atoms. The first kappa shape index (κ1) is 13.2. The lowest BCUT2D eigenvalue weighted by atomic mass is 10.1. The molecule has 1 aromatic heterocycles. The topological polar surface area (TPSA) is 42.7 Å². The fraction of sp³-hybridized carbons (Fsp3) is 0.333. The lowest BCUT2D eigenvalue weighted by Crippen LogP contribution is -2.21. The molecule has 0 saturated heterocycles. The van der Waals surface area contributed by atoms with E-state index in [0.29, 0.717) is 12.1 Å². The number of aryl methyl sites for hydroxylation is 1. The molecule has 1 N–H and O–H groups in total. The molecule has 2 aromatic rings. The number of nitrogens with zero attached hydrogens (tertiary/aromatic N) is 3. The minimum absolute atomic E-state index is 0.0980. The van der Waals surface area contributed by atoms with Crippen LogP contribution in [0.2, 0.25) is 0 Å². The maximum atomic E-state index is 13.7. The molecule has 96 valence electrons. The third kappa shape index (κ3) is 2.94. The van der Waals surface area contributed by atoms with Crippen molar-refractivity contribution in [2.75, 3.05) is 0 Å². The van der Waals surface area contributed by atoms with Crippen molar-refractivity contribution in [2.45, 2.75) is 19.5 Å². The van der Waals surface area contributed by atoms with E-state index < -0.39 is 0 Å². The van der Waals surface area contributed by atoms with E-state index in [4.69, 9.17) is 0 Å². The molecule has 0 aliphatic carbocycles. The van der Waals surface area contributed by atoms with Gasteiger partial charge in [-0.2, -0.15) is 0 Å². The van der Waals surface area contributed by atoms with Crippen LogP contribution in [-0.4, -0.2) is 14.8 Å². The molecule has 2 rings (SSSR count). The molecule has 0 spiro atoms. The summed E-state index contributed by atoms with van der Waals surface area (Å²) in [4.78, 5) is 0. The Morgan fingerprint density at radius 2 is 2.28 bits per heavy atom. The van der Waals surface area contributed by atoms with E-state index in [1.54, 1.807) is 18.5 Å². The Morgan fingerprint density at radius 3 is 2.94 bits per heavy atom. The number of rotatable bonds is 4. The zero-order valence-electron chi connectivity index (χ0n) is 10.2. The second kappa shape index (κ2) is 5.58. The van der Waals surface area contributed by atoms with Gasteiger partial charge in [-0.05, 0) is 25.1 Å². The number of hydrogen-bond donors (Lipinski definition) is 1. The largest absolute Gasteiger partial charge is 0.320 e. The van der Waals surface area contributed by atoms with E-state index in [-0.39, 0.29) is 11.9 Å². The van der Waals surface area contributed by atoms with E-state index in [1.165, 1.54) is 6.07 Å². The third-order valence-electron chi connectivity index (χ3n) is 2.80. The Balaban J connectivity index is 2.06. The molecule has 1 heterocycles. The summed E-state index contributed by atoms with van der Waals surface area (Å²) in [6.07, 6.45) is 1.64. The van der Waals surface area contributed by atoms with E-state index in [0.717, 1.165) is 10.3 Å². The highest BCUT2D eigenvalue weighted by molar-refractivity contribution is 9.10. The minimum atomic E-state index is -0.212. The van der Waals surface area contributed by atoms with Crippen molar-refractivity contribution in [1.29, 1.82) is 0 Å². The number of aromatic nitrogens is 3. The van der Waals surface area contributed by atoms with Crippen LogP contribution < -0.4 is 5.32 Å². The van der Waals surface area contributed by atoms with Crippen molar-refractivity contribution in [3.05, 3.63) is 46.2 Å². The van der Waals surface area contributed by atoms with Crippen molar-refractivity contribution < 1.29 is 4.39 Å². The van der Waals surface area contributed by atoms with Crippen LogP contribution in [0, 0.1) is 5.82 Å². The van der Waals surface area contributed by atoms with Crippen LogP contribution in [0.5, 0.6) is 0 Å². The minimum Gasteiger partial charge on any atom is -0.320 e. The molecule has 6 heteroatoms. The zero-order chi connectivity index (χ0) is 13.1. The quantitative estimate of drug-likeness (QED) is 0.943. The molecule has 1 atom stereocenters. The highest BCUT2D eigenvalue weighted by Crippen LogP contribution is 2.21. The van der Waals surface area contributed by atoms with Gasteiger partial charge >= 0.3 is 0 Å². The first-order valence-corrected chi connectivity index (χ1v) is 6.38. The molecule has 0 aliphatic rings. The predicted molar refractivity (Wildman–Crippen MR) is 70.4 cm³/mol. The molecule has 0 fully saturated rings. The van der Waals surface area contributed by atoms with Crippen molar-refractivity contribution in [3.8, 4) is 0 Å². The summed E-state index contributed by atoms with van der Waals surface area (Å²) in [5.41, 5.74) is 0.631. The highest BCUT2D eigenvalue weighted by atomic mass is 79.9. The van der Waals surface area contributed by atoms with Crippen molar-refractivity contribution in [1.82, 2.24) is 20.1 Å². The van der Waals surface area contributed by atoms with Crippen molar-refractivity contribution in [3.63, 3.8) is 0 Å². The van der Waals surface area contributed by atoms with Gasteiger partial charge in [0.2, 0.25) is 0 Å². The van der Waals surface area contributed by atoms with Crippen LogP contribution >= 0.6 is 15.9 Å². The summed E-state index contributed by atoms with van der Waals surface area (Å²) in [7, 11) is 1.88. The van der Waals surface area contributed by atoms with Gasteiger partial charge in [0.15, 0.2) is 0 Å². The van der Waals surface area contributed by atoms with Gasteiger partial charge < -0.3 is 9.88 Å². The molecular weight excluding hydrogens is 299 g/mol. The van der Waals surface area contributed by atoms with Gasteiger partial charge in [0.25, 0.3) is 0 Å². The molecule has 0 radical (unpaired) electrons. The van der Waals surface area contributed by atoms with Crippen LogP contribution in [0.4, 0.5) is 4.39 Å². The third-order valence-corrected chi connectivity index (χ3v) is 3.29. The SMILES string of the molecule is CC(NCc1nncn1C)c1cc(Br)ccc1F. The average Bonchev–Trinajstić information content (AvgIpc) is 2.75. The normalized spacial score (nSPS) is 12.7. The van der Waals surface area contributed by atoms with E-state index >= 15 is 0 Å². The Hall–Kier alpha value is -1.27. The van der Waals surface area contributed by atoms with E-state index in [1.807, 2.05) is 18.5 Å². The number of halogens is 2. The van der Waals surface area contributed by atoms with Gasteiger partial charge in [-0.1, -0.05) is 15.9 Å². The smallest absolute Gasteiger partial charge is 0.146 e. The van der Waals surface area contributed by atoms with Crippen LogP contribution in [0.15, 0.2) is 29.0 Å². The molecule has 1 aromatic carbocycles. The Bertz CT molecular complexity index is 541.